The van der Waals surface area contributed by atoms with Gasteiger partial charge in [0.25, 0.3) is 0 Å². The van der Waals surface area contributed by atoms with Crippen LogP contribution in [0.1, 0.15) is 12.0 Å². The summed E-state index contributed by atoms with van der Waals surface area (Å²) in [5.74, 6) is -0.171. The summed E-state index contributed by atoms with van der Waals surface area (Å²) < 4.78 is 5.24. The van der Waals surface area contributed by atoms with Gasteiger partial charge in [0.15, 0.2) is 0 Å². The number of carboxylic acids is 1. The molecule has 5 heteroatoms. The normalized spacial score (nSPS) is 10.1. The lowest BCUT2D eigenvalue weighted by Crippen LogP contribution is -2.21. The average molecular weight is 258 g/mol. The molecule has 0 unspecified atom stereocenters. The van der Waals surface area contributed by atoms with E-state index in [4.69, 9.17) is 21.4 Å². The molecular weight excluding hydrogens is 242 g/mol. The predicted octanol–water partition coefficient (Wildman–Crippen LogP) is 2.57. The quantitative estimate of drug-likeness (QED) is 0.881. The molecule has 0 atom stereocenters. The number of carboxylic acid groups (broad SMARTS) is 1. The molecule has 0 aliphatic rings. The Morgan fingerprint density at radius 1 is 1.53 bits per heavy atom. The summed E-state index contributed by atoms with van der Waals surface area (Å²) in [6.45, 7) is 2.32. The first-order valence-electron chi connectivity index (χ1n) is 5.22. The molecule has 4 nitrogen and oxygen atoms in total. The molecule has 1 rings (SSSR count). The first kappa shape index (κ1) is 13.6. The second-order valence-corrected chi connectivity index (χ2v) is 4.25. The highest BCUT2D eigenvalue weighted by atomic mass is 35.5. The summed E-state index contributed by atoms with van der Waals surface area (Å²) >= 11 is 6.00. The Kier molecular flexibility index (Phi) is 4.63. The molecule has 1 aromatic rings. The van der Waals surface area contributed by atoms with E-state index in [-0.39, 0.29) is 6.42 Å². The Balaban J connectivity index is 2.95. The van der Waals surface area contributed by atoms with Gasteiger partial charge in [-0.2, -0.15) is 0 Å². The largest absolute Gasteiger partial charge is 0.495 e. The smallest absolute Gasteiger partial charge is 0.305 e. The number of nitrogens with zero attached hydrogens (tertiary/aromatic N) is 1. The fraction of sp³-hybridized carbons (Fsp3) is 0.417. The summed E-state index contributed by atoms with van der Waals surface area (Å²) in [5, 5.41) is 9.29. The van der Waals surface area contributed by atoms with E-state index in [9.17, 15) is 4.79 Å². The lowest BCUT2D eigenvalue weighted by molar-refractivity contribution is -0.136. The monoisotopic (exact) mass is 257 g/mol. The van der Waals surface area contributed by atoms with Crippen molar-refractivity contribution in [3.63, 3.8) is 0 Å². The van der Waals surface area contributed by atoms with Crippen molar-refractivity contribution in [2.24, 2.45) is 0 Å². The molecule has 1 aromatic carbocycles. The molecule has 0 amide bonds. The van der Waals surface area contributed by atoms with E-state index in [0.717, 1.165) is 11.3 Å². The number of halogens is 1. The lowest BCUT2D eigenvalue weighted by Gasteiger charge is -2.22. The van der Waals surface area contributed by atoms with Gasteiger partial charge >= 0.3 is 5.97 Å². The van der Waals surface area contributed by atoms with Crippen LogP contribution in [0.25, 0.3) is 0 Å². The fourth-order valence-electron chi connectivity index (χ4n) is 1.49. The average Bonchev–Trinajstić information content (AvgIpc) is 2.28. The van der Waals surface area contributed by atoms with Crippen molar-refractivity contribution in [2.75, 3.05) is 25.6 Å². The molecule has 0 spiro atoms. The summed E-state index contributed by atoms with van der Waals surface area (Å²) in [7, 11) is 3.39. The summed E-state index contributed by atoms with van der Waals surface area (Å²) in [4.78, 5) is 12.4. The van der Waals surface area contributed by atoms with Crippen molar-refractivity contribution < 1.29 is 14.6 Å². The molecule has 1 N–H and O–H groups in total. The number of rotatable bonds is 5. The van der Waals surface area contributed by atoms with Crippen molar-refractivity contribution in [3.05, 3.63) is 22.7 Å². The van der Waals surface area contributed by atoms with Crippen LogP contribution in [0.4, 0.5) is 5.69 Å². The third kappa shape index (κ3) is 3.53. The van der Waals surface area contributed by atoms with E-state index >= 15 is 0 Å². The number of ether oxygens (including phenoxy) is 1. The molecule has 0 saturated heterocycles. The number of benzene rings is 1. The van der Waals surface area contributed by atoms with Gasteiger partial charge in [0, 0.05) is 24.7 Å². The van der Waals surface area contributed by atoms with Crippen molar-refractivity contribution in [1.29, 1.82) is 0 Å². The molecule has 0 saturated carbocycles. The van der Waals surface area contributed by atoms with Crippen LogP contribution in [0.15, 0.2) is 12.1 Å². The standard InChI is InChI=1S/C12H16ClNO3/c1-8-6-10(11(17-3)7-9(8)13)14(2)5-4-12(15)16/h6-7H,4-5H2,1-3H3,(H,15,16). The van der Waals surface area contributed by atoms with Gasteiger partial charge < -0.3 is 14.7 Å². The Hall–Kier alpha value is -1.42. The van der Waals surface area contributed by atoms with Gasteiger partial charge in [-0.15, -0.1) is 0 Å². The van der Waals surface area contributed by atoms with E-state index in [1.807, 2.05) is 24.9 Å². The van der Waals surface area contributed by atoms with E-state index < -0.39 is 5.97 Å². The van der Waals surface area contributed by atoms with Gasteiger partial charge in [0.1, 0.15) is 5.75 Å². The number of aryl methyl sites for hydroxylation is 1. The number of hydrogen-bond acceptors (Lipinski definition) is 3. The predicted molar refractivity (Wildman–Crippen MR) is 68.3 cm³/mol. The van der Waals surface area contributed by atoms with Crippen molar-refractivity contribution >= 4 is 23.3 Å². The Morgan fingerprint density at radius 2 is 2.18 bits per heavy atom. The van der Waals surface area contributed by atoms with Gasteiger partial charge in [-0.1, -0.05) is 11.6 Å². The minimum atomic E-state index is -0.818. The molecule has 0 fully saturated rings. The maximum absolute atomic E-state index is 10.5. The fourth-order valence-corrected chi connectivity index (χ4v) is 1.65. The van der Waals surface area contributed by atoms with Gasteiger partial charge in [-0.05, 0) is 18.6 Å². The van der Waals surface area contributed by atoms with E-state index in [0.29, 0.717) is 17.3 Å². The highest BCUT2D eigenvalue weighted by molar-refractivity contribution is 6.31. The van der Waals surface area contributed by atoms with Crippen LogP contribution in [-0.4, -0.2) is 31.8 Å². The molecule has 0 aliphatic heterocycles. The number of carbonyl (C=O) groups is 1. The summed E-state index contributed by atoms with van der Waals surface area (Å²) in [5.41, 5.74) is 1.78. The molecule has 0 heterocycles. The summed E-state index contributed by atoms with van der Waals surface area (Å²) in [6.07, 6.45) is 0.0847. The highest BCUT2D eigenvalue weighted by Crippen LogP contribution is 2.33. The van der Waals surface area contributed by atoms with Crippen molar-refractivity contribution in [1.82, 2.24) is 0 Å². The molecule has 94 valence electrons. The maximum atomic E-state index is 10.5. The van der Waals surface area contributed by atoms with Crippen LogP contribution in [0, 0.1) is 6.92 Å². The molecule has 0 bridgehead atoms. The first-order valence-corrected chi connectivity index (χ1v) is 5.60. The van der Waals surface area contributed by atoms with Crippen LogP contribution in [0.2, 0.25) is 5.02 Å². The third-order valence-corrected chi connectivity index (χ3v) is 2.94. The molecule has 0 aliphatic carbocycles. The van der Waals surface area contributed by atoms with Crippen molar-refractivity contribution in [2.45, 2.75) is 13.3 Å². The van der Waals surface area contributed by atoms with E-state index in [2.05, 4.69) is 0 Å². The topological polar surface area (TPSA) is 49.8 Å². The zero-order chi connectivity index (χ0) is 13.0. The zero-order valence-electron chi connectivity index (χ0n) is 10.2. The third-order valence-electron chi connectivity index (χ3n) is 2.53. The Labute approximate surface area is 106 Å². The molecule has 0 aromatic heterocycles. The summed E-state index contributed by atoms with van der Waals surface area (Å²) in [6, 6.07) is 3.63. The zero-order valence-corrected chi connectivity index (χ0v) is 10.9. The van der Waals surface area contributed by atoms with Gasteiger partial charge in [-0.3, -0.25) is 4.79 Å². The Bertz CT molecular complexity index is 420. The highest BCUT2D eigenvalue weighted by Gasteiger charge is 2.12. The van der Waals surface area contributed by atoms with E-state index in [1.165, 1.54) is 0 Å². The molecular formula is C12H16ClNO3. The maximum Gasteiger partial charge on any atom is 0.305 e. The number of methoxy groups -OCH3 is 1. The van der Waals surface area contributed by atoms with Crippen LogP contribution in [0.5, 0.6) is 5.75 Å². The van der Waals surface area contributed by atoms with Crippen LogP contribution in [0.3, 0.4) is 0 Å². The van der Waals surface area contributed by atoms with Gasteiger partial charge in [0.05, 0.1) is 19.2 Å². The Morgan fingerprint density at radius 3 is 2.71 bits per heavy atom. The molecule has 17 heavy (non-hydrogen) atoms. The SMILES string of the molecule is COc1cc(Cl)c(C)cc1N(C)CCC(=O)O. The number of anilines is 1. The lowest BCUT2D eigenvalue weighted by atomic mass is 10.2. The number of hydrogen-bond donors (Lipinski definition) is 1. The minimum absolute atomic E-state index is 0.0847. The van der Waals surface area contributed by atoms with Gasteiger partial charge in [-0.25, -0.2) is 0 Å². The molecule has 0 radical (unpaired) electrons. The minimum Gasteiger partial charge on any atom is -0.495 e. The van der Waals surface area contributed by atoms with Crippen molar-refractivity contribution in [3.8, 4) is 5.75 Å². The number of aliphatic carboxylic acids is 1. The second kappa shape index (κ2) is 5.77. The van der Waals surface area contributed by atoms with Gasteiger partial charge in [0.2, 0.25) is 0 Å². The van der Waals surface area contributed by atoms with E-state index in [1.54, 1.807) is 13.2 Å². The van der Waals surface area contributed by atoms with Crippen LogP contribution in [-0.2, 0) is 4.79 Å². The second-order valence-electron chi connectivity index (χ2n) is 3.84. The first-order chi connectivity index (χ1) is 7.95. The van der Waals surface area contributed by atoms with Crippen LogP contribution >= 0.6 is 11.6 Å². The van der Waals surface area contributed by atoms with Crippen LogP contribution < -0.4 is 9.64 Å².